The summed E-state index contributed by atoms with van der Waals surface area (Å²) in [6.45, 7) is 4.89. The van der Waals surface area contributed by atoms with E-state index in [-0.39, 0.29) is 5.95 Å². The van der Waals surface area contributed by atoms with Crippen LogP contribution in [0.1, 0.15) is 25.0 Å². The molecule has 6 N–H and O–H groups in total. The molecule has 1 aromatic carbocycles. The van der Waals surface area contributed by atoms with Crippen LogP contribution < -0.4 is 26.7 Å². The average molecular weight is 380 g/mol. The first-order chi connectivity index (χ1) is 13.5. The molecular formula is C20H24N6O2. The van der Waals surface area contributed by atoms with Gasteiger partial charge in [-0.25, -0.2) is 9.97 Å². The molecule has 3 aromatic rings. The number of aromatic nitrogens is 3. The number of benzene rings is 1. The zero-order valence-electron chi connectivity index (χ0n) is 16.0. The first-order valence-corrected chi connectivity index (χ1v) is 9.03. The molecule has 2 heterocycles. The zero-order chi connectivity index (χ0) is 20.1. The predicted molar refractivity (Wildman–Crippen MR) is 110 cm³/mol. The Morgan fingerprint density at radius 2 is 1.57 bits per heavy atom. The average Bonchev–Trinajstić information content (AvgIpc) is 2.66. The number of anilines is 3. The van der Waals surface area contributed by atoms with E-state index >= 15 is 0 Å². The van der Waals surface area contributed by atoms with E-state index in [0.717, 1.165) is 22.3 Å². The highest BCUT2D eigenvalue weighted by atomic mass is 16.5. The number of nitrogens with two attached hydrogens (primary N) is 3. The minimum Gasteiger partial charge on any atom is -0.493 e. The quantitative estimate of drug-likeness (QED) is 0.569. The Morgan fingerprint density at radius 3 is 2.11 bits per heavy atom. The van der Waals surface area contributed by atoms with Gasteiger partial charge >= 0.3 is 0 Å². The van der Waals surface area contributed by atoms with Crippen molar-refractivity contribution in [3.05, 3.63) is 47.8 Å². The van der Waals surface area contributed by atoms with Gasteiger partial charge in [-0.1, -0.05) is 0 Å². The molecule has 3 rings (SSSR count). The van der Waals surface area contributed by atoms with Crippen LogP contribution in [0.3, 0.4) is 0 Å². The molecule has 2 aromatic heterocycles. The van der Waals surface area contributed by atoms with E-state index in [1.807, 2.05) is 32.0 Å². The largest absolute Gasteiger partial charge is 0.493 e. The van der Waals surface area contributed by atoms with Gasteiger partial charge in [-0.15, -0.1) is 0 Å². The molecule has 8 nitrogen and oxygen atoms in total. The van der Waals surface area contributed by atoms with Crippen molar-refractivity contribution in [3.8, 4) is 22.6 Å². The summed E-state index contributed by atoms with van der Waals surface area (Å²) in [5, 5.41) is 0. The Morgan fingerprint density at radius 1 is 0.893 bits per heavy atom. The van der Waals surface area contributed by atoms with Crippen LogP contribution in [0.4, 0.5) is 17.6 Å². The SMILES string of the molecule is CCOc1cc(Cc2cnc(N)nc2N)cc(OCC)c1-c1ccc(N)nc1. The topological polar surface area (TPSA) is 135 Å². The summed E-state index contributed by atoms with van der Waals surface area (Å²) in [7, 11) is 0. The van der Waals surface area contributed by atoms with Crippen LogP contribution in [0.25, 0.3) is 11.1 Å². The fraction of sp³-hybridized carbons (Fsp3) is 0.250. The van der Waals surface area contributed by atoms with Gasteiger partial charge in [0.2, 0.25) is 5.95 Å². The van der Waals surface area contributed by atoms with Crippen molar-refractivity contribution in [2.45, 2.75) is 20.3 Å². The molecule has 0 saturated carbocycles. The van der Waals surface area contributed by atoms with Crippen LogP contribution >= 0.6 is 0 Å². The van der Waals surface area contributed by atoms with Crippen LogP contribution in [-0.2, 0) is 6.42 Å². The molecule has 0 saturated heterocycles. The van der Waals surface area contributed by atoms with E-state index in [1.54, 1.807) is 18.5 Å². The molecular weight excluding hydrogens is 356 g/mol. The summed E-state index contributed by atoms with van der Waals surface area (Å²) in [4.78, 5) is 12.2. The highest BCUT2D eigenvalue weighted by molar-refractivity contribution is 5.77. The molecule has 0 radical (unpaired) electrons. The van der Waals surface area contributed by atoms with Gasteiger partial charge in [-0.05, 0) is 43.7 Å². The van der Waals surface area contributed by atoms with Gasteiger partial charge in [0.15, 0.2) is 0 Å². The first kappa shape index (κ1) is 19.2. The molecule has 28 heavy (non-hydrogen) atoms. The lowest BCUT2D eigenvalue weighted by Crippen LogP contribution is -2.05. The van der Waals surface area contributed by atoms with Gasteiger partial charge in [0.05, 0.1) is 18.8 Å². The van der Waals surface area contributed by atoms with Crippen molar-refractivity contribution < 1.29 is 9.47 Å². The predicted octanol–water partition coefficient (Wildman–Crippen LogP) is 2.67. The summed E-state index contributed by atoms with van der Waals surface area (Å²) in [6, 6.07) is 7.58. The summed E-state index contributed by atoms with van der Waals surface area (Å²) < 4.78 is 11.8. The maximum absolute atomic E-state index is 5.98. The number of ether oxygens (including phenoxy) is 2. The van der Waals surface area contributed by atoms with Crippen LogP contribution in [0.15, 0.2) is 36.7 Å². The van der Waals surface area contributed by atoms with Crippen LogP contribution in [0.2, 0.25) is 0 Å². The maximum Gasteiger partial charge on any atom is 0.221 e. The second-order valence-corrected chi connectivity index (χ2v) is 6.12. The third kappa shape index (κ3) is 4.22. The van der Waals surface area contributed by atoms with E-state index in [4.69, 9.17) is 26.7 Å². The number of hydrogen-bond acceptors (Lipinski definition) is 8. The van der Waals surface area contributed by atoms with E-state index in [1.165, 1.54) is 0 Å². The standard InChI is InChI=1S/C20H24N6O2/c1-3-27-15-8-12(7-14-11-25-20(23)26-19(14)22)9-16(28-4-2)18(15)13-5-6-17(21)24-10-13/h5-6,8-11H,3-4,7H2,1-2H3,(H2,21,24)(H4,22,23,25,26). The molecule has 0 aliphatic carbocycles. The molecule has 0 fully saturated rings. The second-order valence-electron chi connectivity index (χ2n) is 6.12. The van der Waals surface area contributed by atoms with Gasteiger partial charge < -0.3 is 26.7 Å². The summed E-state index contributed by atoms with van der Waals surface area (Å²) >= 11 is 0. The van der Waals surface area contributed by atoms with Crippen molar-refractivity contribution in [3.63, 3.8) is 0 Å². The Hall–Kier alpha value is -3.55. The van der Waals surface area contributed by atoms with E-state index in [2.05, 4.69) is 15.0 Å². The summed E-state index contributed by atoms with van der Waals surface area (Å²) in [6.07, 6.45) is 3.86. The Balaban J connectivity index is 2.08. The number of pyridine rings is 1. The third-order valence-corrected chi connectivity index (χ3v) is 4.11. The molecule has 0 amide bonds. The maximum atomic E-state index is 5.98. The molecule has 146 valence electrons. The molecule has 0 aliphatic heterocycles. The van der Waals surface area contributed by atoms with Crippen molar-refractivity contribution in [2.75, 3.05) is 30.4 Å². The smallest absolute Gasteiger partial charge is 0.221 e. The molecule has 0 atom stereocenters. The van der Waals surface area contributed by atoms with Crippen molar-refractivity contribution in [1.29, 1.82) is 0 Å². The highest BCUT2D eigenvalue weighted by Gasteiger charge is 2.17. The number of rotatable bonds is 7. The summed E-state index contributed by atoms with van der Waals surface area (Å²) in [5.41, 5.74) is 20.7. The number of hydrogen-bond donors (Lipinski definition) is 3. The van der Waals surface area contributed by atoms with Gasteiger partial charge in [0.1, 0.15) is 23.1 Å². The monoisotopic (exact) mass is 380 g/mol. The van der Waals surface area contributed by atoms with E-state index in [9.17, 15) is 0 Å². The normalized spacial score (nSPS) is 10.6. The van der Waals surface area contributed by atoms with Gasteiger partial charge in [-0.3, -0.25) is 0 Å². The Kier molecular flexibility index (Phi) is 5.78. The van der Waals surface area contributed by atoms with E-state index in [0.29, 0.717) is 42.8 Å². The second kappa shape index (κ2) is 8.43. The van der Waals surface area contributed by atoms with Crippen molar-refractivity contribution >= 4 is 17.6 Å². The van der Waals surface area contributed by atoms with Gasteiger partial charge in [0.25, 0.3) is 0 Å². The van der Waals surface area contributed by atoms with E-state index < -0.39 is 0 Å². The number of nitrogen functional groups attached to an aromatic ring is 3. The lowest BCUT2D eigenvalue weighted by atomic mass is 9.99. The van der Waals surface area contributed by atoms with Gasteiger partial charge in [0, 0.05) is 29.9 Å². The molecule has 0 spiro atoms. The first-order valence-electron chi connectivity index (χ1n) is 9.03. The van der Waals surface area contributed by atoms with Crippen molar-refractivity contribution in [2.24, 2.45) is 0 Å². The van der Waals surface area contributed by atoms with Crippen LogP contribution in [-0.4, -0.2) is 28.2 Å². The number of nitrogens with zero attached hydrogens (tertiary/aromatic N) is 3. The Labute approximate surface area is 163 Å². The van der Waals surface area contributed by atoms with Crippen LogP contribution in [0, 0.1) is 0 Å². The summed E-state index contributed by atoms with van der Waals surface area (Å²) in [5.74, 6) is 2.36. The molecule has 0 aliphatic rings. The third-order valence-electron chi connectivity index (χ3n) is 4.11. The lowest BCUT2D eigenvalue weighted by molar-refractivity contribution is 0.325. The Bertz CT molecular complexity index is 932. The molecule has 0 bridgehead atoms. The molecule has 8 heteroatoms. The minimum atomic E-state index is 0.150. The molecule has 0 unspecified atom stereocenters. The highest BCUT2D eigenvalue weighted by Crippen LogP contribution is 2.40. The zero-order valence-corrected chi connectivity index (χ0v) is 16.0. The fourth-order valence-electron chi connectivity index (χ4n) is 2.91. The van der Waals surface area contributed by atoms with Crippen molar-refractivity contribution in [1.82, 2.24) is 15.0 Å². The minimum absolute atomic E-state index is 0.150. The lowest BCUT2D eigenvalue weighted by Gasteiger charge is -2.18. The van der Waals surface area contributed by atoms with Gasteiger partial charge in [-0.2, -0.15) is 4.98 Å². The fourth-order valence-corrected chi connectivity index (χ4v) is 2.91. The van der Waals surface area contributed by atoms with Crippen LogP contribution in [0.5, 0.6) is 11.5 Å².